The van der Waals surface area contributed by atoms with E-state index in [0.29, 0.717) is 53.1 Å². The summed E-state index contributed by atoms with van der Waals surface area (Å²) < 4.78 is 10.4. The van der Waals surface area contributed by atoms with Crippen LogP contribution in [0.5, 0.6) is 5.88 Å². The summed E-state index contributed by atoms with van der Waals surface area (Å²) in [5.74, 6) is 0.279. The number of hydrogen-bond donors (Lipinski definition) is 2. The van der Waals surface area contributed by atoms with Gasteiger partial charge in [-0.05, 0) is 49.6 Å². The maximum Gasteiger partial charge on any atom is 0.515 e. The standard InChI is InChI=1S/C23H23Cl3N2O4/c1-2-31-22(29)32-21-17(20-18(26)11-16(25)12-19(20)27-21)13-28-9-7-23(30,8-10-28)14-3-5-15(24)6-4-14/h3-6,11-12,27,30H,2,7-10,13H2,1H3. The Hall–Kier alpha value is -1.96. The molecule has 0 saturated carbocycles. The molecule has 0 atom stereocenters. The van der Waals surface area contributed by atoms with Crippen LogP contribution in [0.1, 0.15) is 30.9 Å². The molecule has 0 bridgehead atoms. The lowest BCUT2D eigenvalue weighted by Gasteiger charge is -2.38. The smallest absolute Gasteiger partial charge is 0.434 e. The highest BCUT2D eigenvalue weighted by molar-refractivity contribution is 6.39. The van der Waals surface area contributed by atoms with Crippen molar-refractivity contribution in [2.24, 2.45) is 0 Å². The van der Waals surface area contributed by atoms with Crippen molar-refractivity contribution >= 4 is 51.9 Å². The molecule has 1 aliphatic heterocycles. The van der Waals surface area contributed by atoms with Gasteiger partial charge in [-0.2, -0.15) is 0 Å². The number of piperidine rings is 1. The normalized spacial score (nSPS) is 16.3. The summed E-state index contributed by atoms with van der Waals surface area (Å²) in [6.07, 6.45) is 0.327. The van der Waals surface area contributed by atoms with Crippen LogP contribution in [-0.4, -0.2) is 40.8 Å². The molecular weight excluding hydrogens is 475 g/mol. The summed E-state index contributed by atoms with van der Waals surface area (Å²) in [7, 11) is 0. The van der Waals surface area contributed by atoms with Crippen molar-refractivity contribution in [2.45, 2.75) is 31.9 Å². The van der Waals surface area contributed by atoms with Gasteiger partial charge in [0.25, 0.3) is 0 Å². The SMILES string of the molecule is CCOC(=O)Oc1[nH]c2cc(Cl)cc(Cl)c2c1CN1CCC(O)(c2ccc(Cl)cc2)CC1. The lowest BCUT2D eigenvalue weighted by atomic mass is 9.84. The minimum atomic E-state index is -0.906. The Morgan fingerprint density at radius 3 is 2.47 bits per heavy atom. The molecule has 0 unspecified atom stereocenters. The van der Waals surface area contributed by atoms with Gasteiger partial charge in [0.1, 0.15) is 0 Å². The fraction of sp³-hybridized carbons (Fsp3) is 0.348. The molecule has 3 aromatic rings. The lowest BCUT2D eigenvalue weighted by molar-refractivity contribution is -0.0277. The molecule has 2 heterocycles. The second-order valence-corrected chi connectivity index (χ2v) is 9.12. The Kier molecular flexibility index (Phi) is 6.89. The number of H-pyrrole nitrogens is 1. The van der Waals surface area contributed by atoms with E-state index in [0.717, 1.165) is 16.5 Å². The van der Waals surface area contributed by atoms with Gasteiger partial charge < -0.3 is 19.6 Å². The second-order valence-electron chi connectivity index (χ2n) is 7.84. The van der Waals surface area contributed by atoms with Gasteiger partial charge in [-0.3, -0.25) is 4.90 Å². The predicted molar refractivity (Wildman–Crippen MR) is 126 cm³/mol. The molecule has 9 heteroatoms. The van der Waals surface area contributed by atoms with Crippen molar-refractivity contribution in [3.05, 3.63) is 62.6 Å². The molecule has 0 radical (unpaired) electrons. The molecule has 32 heavy (non-hydrogen) atoms. The third-order valence-electron chi connectivity index (χ3n) is 5.77. The number of fused-ring (bicyclic) bond motifs is 1. The zero-order valence-corrected chi connectivity index (χ0v) is 19.7. The first-order chi connectivity index (χ1) is 15.3. The van der Waals surface area contributed by atoms with Crippen molar-refractivity contribution < 1.29 is 19.4 Å². The van der Waals surface area contributed by atoms with Crippen molar-refractivity contribution in [1.29, 1.82) is 0 Å². The number of carbonyl (C=O) groups is 1. The highest BCUT2D eigenvalue weighted by atomic mass is 35.5. The predicted octanol–water partition coefficient (Wildman–Crippen LogP) is 6.15. The third kappa shape index (κ3) is 4.85. The number of aromatic nitrogens is 1. The fourth-order valence-corrected chi connectivity index (χ4v) is 4.85. The highest BCUT2D eigenvalue weighted by Gasteiger charge is 2.34. The Morgan fingerprint density at radius 2 is 1.81 bits per heavy atom. The van der Waals surface area contributed by atoms with Crippen molar-refractivity contribution in [3.8, 4) is 5.88 Å². The van der Waals surface area contributed by atoms with Gasteiger partial charge in [-0.25, -0.2) is 4.79 Å². The number of aliphatic hydroxyl groups is 1. The van der Waals surface area contributed by atoms with E-state index in [4.69, 9.17) is 44.3 Å². The molecule has 0 spiro atoms. The first-order valence-electron chi connectivity index (χ1n) is 10.3. The van der Waals surface area contributed by atoms with Gasteiger partial charge in [-0.15, -0.1) is 0 Å². The van der Waals surface area contributed by atoms with E-state index in [2.05, 4.69) is 9.88 Å². The number of likely N-dealkylation sites (tertiary alicyclic amines) is 1. The number of nitrogens with zero attached hydrogens (tertiary/aromatic N) is 1. The van der Waals surface area contributed by atoms with Gasteiger partial charge in [0, 0.05) is 40.6 Å². The average Bonchev–Trinajstić information content (AvgIpc) is 3.07. The first-order valence-corrected chi connectivity index (χ1v) is 11.5. The Bertz CT molecular complexity index is 1120. The fourth-order valence-electron chi connectivity index (χ4n) is 4.11. The lowest BCUT2D eigenvalue weighted by Crippen LogP contribution is -2.42. The van der Waals surface area contributed by atoms with Gasteiger partial charge in [0.2, 0.25) is 5.88 Å². The van der Waals surface area contributed by atoms with Crippen LogP contribution in [0.3, 0.4) is 0 Å². The second kappa shape index (κ2) is 9.49. The minimum absolute atomic E-state index is 0.205. The first kappa shape index (κ1) is 23.2. The summed E-state index contributed by atoms with van der Waals surface area (Å²) in [5.41, 5.74) is 1.37. The molecule has 0 amide bonds. The molecule has 4 rings (SSSR count). The summed E-state index contributed by atoms with van der Waals surface area (Å²) >= 11 is 18.6. The summed E-state index contributed by atoms with van der Waals surface area (Å²) in [6.45, 7) is 3.69. The molecule has 1 aromatic heterocycles. The molecule has 1 saturated heterocycles. The number of ether oxygens (including phenoxy) is 2. The van der Waals surface area contributed by atoms with Crippen LogP contribution in [0.15, 0.2) is 36.4 Å². The van der Waals surface area contributed by atoms with E-state index in [1.165, 1.54) is 0 Å². The number of rotatable bonds is 5. The summed E-state index contributed by atoms with van der Waals surface area (Å²) in [4.78, 5) is 17.3. The number of hydrogen-bond acceptors (Lipinski definition) is 5. The topological polar surface area (TPSA) is 74.8 Å². The number of nitrogens with one attached hydrogen (secondary N) is 1. The molecule has 2 N–H and O–H groups in total. The Balaban J connectivity index is 1.57. The van der Waals surface area contributed by atoms with E-state index in [1.807, 2.05) is 12.1 Å². The monoisotopic (exact) mass is 496 g/mol. The average molecular weight is 498 g/mol. The number of benzene rings is 2. The summed E-state index contributed by atoms with van der Waals surface area (Å²) in [6, 6.07) is 10.7. The van der Waals surface area contributed by atoms with Gasteiger partial charge in [-0.1, -0.05) is 46.9 Å². The molecule has 6 nitrogen and oxygen atoms in total. The molecule has 170 valence electrons. The zero-order valence-electron chi connectivity index (χ0n) is 17.5. The maximum atomic E-state index is 12.0. The van der Waals surface area contributed by atoms with Crippen LogP contribution in [0.2, 0.25) is 15.1 Å². The number of carbonyl (C=O) groups excluding carboxylic acids is 1. The molecule has 1 fully saturated rings. The zero-order chi connectivity index (χ0) is 22.9. The highest BCUT2D eigenvalue weighted by Crippen LogP contribution is 2.39. The summed E-state index contributed by atoms with van der Waals surface area (Å²) in [5, 5.41) is 13.5. The third-order valence-corrected chi connectivity index (χ3v) is 6.54. The quantitative estimate of drug-likeness (QED) is 0.414. The van der Waals surface area contributed by atoms with Crippen LogP contribution in [0.4, 0.5) is 4.79 Å². The van der Waals surface area contributed by atoms with Crippen LogP contribution in [-0.2, 0) is 16.9 Å². The number of aromatic amines is 1. The van der Waals surface area contributed by atoms with Gasteiger partial charge in [0.15, 0.2) is 0 Å². The van der Waals surface area contributed by atoms with Crippen LogP contribution in [0.25, 0.3) is 10.9 Å². The van der Waals surface area contributed by atoms with Crippen LogP contribution < -0.4 is 4.74 Å². The molecule has 2 aromatic carbocycles. The van der Waals surface area contributed by atoms with Crippen LogP contribution >= 0.6 is 34.8 Å². The van der Waals surface area contributed by atoms with Crippen molar-refractivity contribution in [2.75, 3.05) is 19.7 Å². The van der Waals surface area contributed by atoms with E-state index < -0.39 is 11.8 Å². The van der Waals surface area contributed by atoms with E-state index in [-0.39, 0.29) is 12.5 Å². The van der Waals surface area contributed by atoms with Crippen molar-refractivity contribution in [3.63, 3.8) is 0 Å². The van der Waals surface area contributed by atoms with Crippen LogP contribution in [0, 0.1) is 0 Å². The van der Waals surface area contributed by atoms with Gasteiger partial charge >= 0.3 is 6.16 Å². The van der Waals surface area contributed by atoms with E-state index in [9.17, 15) is 9.90 Å². The van der Waals surface area contributed by atoms with Gasteiger partial charge in [0.05, 0.1) is 22.7 Å². The largest absolute Gasteiger partial charge is 0.515 e. The molecular formula is C23H23Cl3N2O4. The minimum Gasteiger partial charge on any atom is -0.434 e. The maximum absolute atomic E-state index is 12.0. The van der Waals surface area contributed by atoms with E-state index >= 15 is 0 Å². The van der Waals surface area contributed by atoms with Crippen molar-refractivity contribution in [1.82, 2.24) is 9.88 Å². The van der Waals surface area contributed by atoms with E-state index in [1.54, 1.807) is 31.2 Å². The molecule has 0 aliphatic carbocycles. The number of halogens is 3. The Morgan fingerprint density at radius 1 is 1.12 bits per heavy atom. The molecule has 1 aliphatic rings. The Labute approximate surface area is 201 Å².